The second kappa shape index (κ2) is 13.4. The van der Waals surface area contributed by atoms with Crippen molar-refractivity contribution in [3.05, 3.63) is 30.6 Å². The minimum absolute atomic E-state index is 0. The molecule has 0 aromatic rings. The van der Waals surface area contributed by atoms with E-state index in [9.17, 15) is 0 Å². The Morgan fingerprint density at radius 1 is 0.737 bits per heavy atom. The van der Waals surface area contributed by atoms with Crippen LogP contribution in [0.5, 0.6) is 0 Å². The molecule has 0 unspecified atom stereocenters. The van der Waals surface area contributed by atoms with Gasteiger partial charge in [0.05, 0.1) is 15.8 Å². The molecule has 11 heteroatoms. The van der Waals surface area contributed by atoms with Gasteiger partial charge in [-0.25, -0.2) is 0 Å². The van der Waals surface area contributed by atoms with Crippen LogP contribution in [0, 0.1) is 30.6 Å². The standard InChI is InChI=1S/C8H18N2.2NO3.Pt/c9-8(10)6-4-2-1-3-5-7-8;2*2-1(3)4;/h1-7,9-10H2;;;/q;2*-1;+2. The van der Waals surface area contributed by atoms with E-state index in [-0.39, 0.29) is 26.7 Å². The Morgan fingerprint density at radius 2 is 0.947 bits per heavy atom. The van der Waals surface area contributed by atoms with E-state index >= 15 is 0 Å². The predicted molar refractivity (Wildman–Crippen MR) is 64.1 cm³/mol. The molecule has 0 aromatic carbocycles. The average molecular weight is 461 g/mol. The van der Waals surface area contributed by atoms with Crippen LogP contribution in [0.2, 0.25) is 0 Å². The topological polar surface area (TPSA) is 184 Å². The molecule has 1 rings (SSSR count). The van der Waals surface area contributed by atoms with Crippen LogP contribution in [0.3, 0.4) is 0 Å². The quantitative estimate of drug-likeness (QED) is 0.302. The van der Waals surface area contributed by atoms with Crippen molar-refractivity contribution in [2.24, 2.45) is 11.5 Å². The Kier molecular flexibility index (Phi) is 16.4. The minimum atomic E-state index is -1.75. The molecule has 0 spiro atoms. The molecule has 0 saturated heterocycles. The van der Waals surface area contributed by atoms with Gasteiger partial charge in [0.15, 0.2) is 0 Å². The van der Waals surface area contributed by atoms with Gasteiger partial charge in [0.1, 0.15) is 0 Å². The number of hydrogen-bond donors (Lipinski definition) is 2. The first-order valence-corrected chi connectivity index (χ1v) is 5.38. The molecule has 0 atom stereocenters. The van der Waals surface area contributed by atoms with Gasteiger partial charge in [0.25, 0.3) is 0 Å². The van der Waals surface area contributed by atoms with Crippen molar-refractivity contribution >= 4 is 0 Å². The van der Waals surface area contributed by atoms with Crippen molar-refractivity contribution < 1.29 is 31.2 Å². The first-order chi connectivity index (χ1) is 8.17. The van der Waals surface area contributed by atoms with Crippen molar-refractivity contribution in [2.45, 2.75) is 50.6 Å². The van der Waals surface area contributed by atoms with Crippen LogP contribution in [0.1, 0.15) is 44.9 Å². The smallest absolute Gasteiger partial charge is 0.356 e. The Balaban J connectivity index is -0.000000242. The van der Waals surface area contributed by atoms with Crippen LogP contribution in [-0.2, 0) is 21.1 Å². The maximum Gasteiger partial charge on any atom is 2.00 e. The summed E-state index contributed by atoms with van der Waals surface area (Å²) in [4.78, 5) is 16.5. The Labute approximate surface area is 124 Å². The summed E-state index contributed by atoms with van der Waals surface area (Å²) in [6.07, 6.45) is 8.45. The molecule has 1 aliphatic rings. The van der Waals surface area contributed by atoms with Gasteiger partial charge >= 0.3 is 21.1 Å². The van der Waals surface area contributed by atoms with E-state index in [4.69, 9.17) is 42.1 Å². The Bertz CT molecular complexity index is 223. The first kappa shape index (κ1) is 23.1. The van der Waals surface area contributed by atoms with E-state index in [1.807, 2.05) is 0 Å². The van der Waals surface area contributed by atoms with Crippen LogP contribution < -0.4 is 11.5 Å². The number of nitrogens with zero attached hydrogens (tertiary/aromatic N) is 2. The summed E-state index contributed by atoms with van der Waals surface area (Å²) >= 11 is 0. The molecule has 116 valence electrons. The van der Waals surface area contributed by atoms with Gasteiger partial charge in [-0.15, -0.1) is 0 Å². The first-order valence-electron chi connectivity index (χ1n) is 5.38. The van der Waals surface area contributed by atoms with E-state index in [2.05, 4.69) is 0 Å². The largest absolute Gasteiger partial charge is 2.00 e. The second-order valence-electron chi connectivity index (χ2n) is 3.95. The fraction of sp³-hybridized carbons (Fsp3) is 1.00. The summed E-state index contributed by atoms with van der Waals surface area (Å²) in [6, 6.07) is 0. The van der Waals surface area contributed by atoms with Crippen LogP contribution >= 0.6 is 0 Å². The van der Waals surface area contributed by atoms with Crippen LogP contribution in [0.15, 0.2) is 0 Å². The summed E-state index contributed by atoms with van der Waals surface area (Å²) in [6.45, 7) is 0. The van der Waals surface area contributed by atoms with Gasteiger partial charge in [-0.3, -0.25) is 0 Å². The average Bonchev–Trinajstić information content (AvgIpc) is 2.10. The molecule has 19 heavy (non-hydrogen) atoms. The summed E-state index contributed by atoms with van der Waals surface area (Å²) in [7, 11) is 0. The molecule has 1 fully saturated rings. The third-order valence-electron chi connectivity index (χ3n) is 2.28. The fourth-order valence-electron chi connectivity index (χ4n) is 1.56. The zero-order valence-electron chi connectivity index (χ0n) is 10.3. The van der Waals surface area contributed by atoms with Crippen molar-refractivity contribution in [1.29, 1.82) is 0 Å². The SMILES string of the molecule is NC1(N)CCCCCCC1.O=[N+]([O-])[O-].O=[N+]([O-])[O-].[Pt+2]. The normalized spacial score (nSPS) is 16.7. The zero-order chi connectivity index (χ0) is 14.6. The maximum absolute atomic E-state index is 8.25. The Hall–Kier alpha value is -0.992. The van der Waals surface area contributed by atoms with E-state index in [0.29, 0.717) is 0 Å². The molecular weight excluding hydrogens is 443 g/mol. The molecule has 0 radical (unpaired) electrons. The van der Waals surface area contributed by atoms with Gasteiger partial charge in [-0.1, -0.05) is 32.1 Å². The molecule has 0 heterocycles. The Morgan fingerprint density at radius 3 is 1.21 bits per heavy atom. The minimum Gasteiger partial charge on any atom is -0.356 e. The fourth-order valence-corrected chi connectivity index (χ4v) is 1.56. The van der Waals surface area contributed by atoms with Crippen LogP contribution in [0.25, 0.3) is 0 Å². The predicted octanol–water partition coefficient (Wildman–Crippen LogP) is 0.864. The number of nitrogens with two attached hydrogens (primary N) is 2. The zero-order valence-corrected chi connectivity index (χ0v) is 12.5. The van der Waals surface area contributed by atoms with Gasteiger partial charge in [-0.2, -0.15) is 0 Å². The summed E-state index contributed by atoms with van der Waals surface area (Å²) < 4.78 is 0. The molecule has 0 amide bonds. The van der Waals surface area contributed by atoms with Crippen molar-refractivity contribution in [1.82, 2.24) is 0 Å². The molecule has 1 saturated carbocycles. The number of rotatable bonds is 0. The van der Waals surface area contributed by atoms with Gasteiger partial charge in [0.2, 0.25) is 0 Å². The molecule has 1 aliphatic carbocycles. The van der Waals surface area contributed by atoms with Gasteiger partial charge in [-0.05, 0) is 12.8 Å². The van der Waals surface area contributed by atoms with Crippen molar-refractivity contribution in [3.63, 3.8) is 0 Å². The summed E-state index contributed by atoms with van der Waals surface area (Å²) in [5.74, 6) is 0. The third-order valence-corrected chi connectivity index (χ3v) is 2.28. The van der Waals surface area contributed by atoms with Gasteiger partial charge in [0, 0.05) is 0 Å². The molecule has 0 bridgehead atoms. The molecule has 10 nitrogen and oxygen atoms in total. The molecule has 4 N–H and O–H groups in total. The second-order valence-corrected chi connectivity index (χ2v) is 3.95. The van der Waals surface area contributed by atoms with E-state index in [0.717, 1.165) is 12.8 Å². The van der Waals surface area contributed by atoms with Crippen molar-refractivity contribution in [3.8, 4) is 0 Å². The molecule has 0 aromatic heterocycles. The van der Waals surface area contributed by atoms with Crippen LogP contribution in [0.4, 0.5) is 0 Å². The monoisotopic (exact) mass is 461 g/mol. The maximum atomic E-state index is 8.25. The number of hydrogen-bond acceptors (Lipinski definition) is 8. The van der Waals surface area contributed by atoms with Gasteiger partial charge < -0.3 is 42.1 Å². The van der Waals surface area contributed by atoms with E-state index in [1.54, 1.807) is 0 Å². The van der Waals surface area contributed by atoms with E-state index in [1.165, 1.54) is 32.1 Å². The molecular formula is C8H18N4O6Pt. The van der Waals surface area contributed by atoms with Crippen LogP contribution in [-0.4, -0.2) is 15.8 Å². The van der Waals surface area contributed by atoms with E-state index < -0.39 is 10.2 Å². The molecule has 0 aliphatic heterocycles. The summed E-state index contributed by atoms with van der Waals surface area (Å²) in [5.41, 5.74) is 11.3. The summed E-state index contributed by atoms with van der Waals surface area (Å²) in [5, 5.41) is 29.5. The third kappa shape index (κ3) is 31.6. The van der Waals surface area contributed by atoms with Crippen molar-refractivity contribution in [2.75, 3.05) is 0 Å².